The molecule has 5 heteroatoms. The van der Waals surface area contributed by atoms with Crippen LogP contribution in [0.1, 0.15) is 30.5 Å². The third-order valence-corrected chi connectivity index (χ3v) is 4.68. The number of nitrogens with zero attached hydrogens (tertiary/aromatic N) is 2. The molecule has 0 fully saturated rings. The molecular formula is C21H23N3O2. The Bertz CT molecular complexity index is 956. The highest BCUT2D eigenvalue weighted by Crippen LogP contribution is 2.20. The van der Waals surface area contributed by atoms with Crippen molar-refractivity contribution in [2.45, 2.75) is 26.2 Å². The van der Waals surface area contributed by atoms with Crippen LogP contribution in [0.4, 0.5) is 5.69 Å². The van der Waals surface area contributed by atoms with Gasteiger partial charge in [-0.15, -0.1) is 0 Å². The summed E-state index contributed by atoms with van der Waals surface area (Å²) in [6.07, 6.45) is 0.323. The lowest BCUT2D eigenvalue weighted by Gasteiger charge is -2.11. The Hall–Kier alpha value is -3.08. The maximum absolute atomic E-state index is 12.8. The van der Waals surface area contributed by atoms with E-state index in [1.807, 2.05) is 81.6 Å². The van der Waals surface area contributed by atoms with E-state index >= 15 is 0 Å². The molecule has 0 spiro atoms. The van der Waals surface area contributed by atoms with Gasteiger partial charge in [0.2, 0.25) is 5.91 Å². The summed E-state index contributed by atoms with van der Waals surface area (Å²) in [4.78, 5) is 25.3. The van der Waals surface area contributed by atoms with E-state index in [1.165, 1.54) is 0 Å². The van der Waals surface area contributed by atoms with Gasteiger partial charge in [-0.3, -0.25) is 14.3 Å². The number of benzene rings is 2. The summed E-state index contributed by atoms with van der Waals surface area (Å²) in [7, 11) is 1.81. The van der Waals surface area contributed by atoms with Gasteiger partial charge in [-0.1, -0.05) is 55.5 Å². The van der Waals surface area contributed by atoms with E-state index in [-0.39, 0.29) is 17.4 Å². The van der Waals surface area contributed by atoms with Crippen LogP contribution < -0.4 is 10.9 Å². The standard InChI is InChI=1S/C21H23N3O2/c1-15(17-10-6-4-7-11-17)14-19(25)22-20-16(2)23(3)24(21(20)26)18-12-8-5-9-13-18/h4-13,15H,14H2,1-3H3,(H,22,25). The van der Waals surface area contributed by atoms with E-state index in [9.17, 15) is 9.59 Å². The normalized spacial score (nSPS) is 12.0. The first-order valence-electron chi connectivity index (χ1n) is 8.68. The Labute approximate surface area is 152 Å². The number of hydrogen-bond acceptors (Lipinski definition) is 2. The predicted molar refractivity (Wildman–Crippen MR) is 104 cm³/mol. The Morgan fingerprint density at radius 3 is 2.23 bits per heavy atom. The van der Waals surface area contributed by atoms with E-state index in [4.69, 9.17) is 0 Å². The van der Waals surface area contributed by atoms with Crippen LogP contribution in [0.5, 0.6) is 0 Å². The molecule has 3 aromatic rings. The quantitative estimate of drug-likeness (QED) is 0.765. The molecule has 3 rings (SSSR count). The van der Waals surface area contributed by atoms with Crippen molar-refractivity contribution in [2.24, 2.45) is 7.05 Å². The minimum absolute atomic E-state index is 0.0802. The second-order valence-electron chi connectivity index (χ2n) is 6.50. The number of carbonyl (C=O) groups excluding carboxylic acids is 1. The van der Waals surface area contributed by atoms with Crippen molar-refractivity contribution >= 4 is 11.6 Å². The van der Waals surface area contributed by atoms with Gasteiger partial charge in [-0.05, 0) is 30.5 Å². The monoisotopic (exact) mass is 349 g/mol. The van der Waals surface area contributed by atoms with Crippen LogP contribution in [0, 0.1) is 6.92 Å². The molecule has 1 atom stereocenters. The largest absolute Gasteiger partial charge is 0.320 e. The molecule has 0 aliphatic rings. The summed E-state index contributed by atoms with van der Waals surface area (Å²) in [5, 5.41) is 2.82. The van der Waals surface area contributed by atoms with Crippen LogP contribution in [0.2, 0.25) is 0 Å². The fraction of sp³-hybridized carbons (Fsp3) is 0.238. The van der Waals surface area contributed by atoms with Gasteiger partial charge in [-0.2, -0.15) is 0 Å². The Balaban J connectivity index is 1.82. The number of aromatic nitrogens is 2. The molecule has 26 heavy (non-hydrogen) atoms. The molecule has 2 aromatic carbocycles. The smallest absolute Gasteiger partial charge is 0.295 e. The third kappa shape index (κ3) is 3.47. The molecule has 0 saturated carbocycles. The maximum Gasteiger partial charge on any atom is 0.295 e. The summed E-state index contributed by atoms with van der Waals surface area (Å²) in [5.41, 5.74) is 2.70. The molecular weight excluding hydrogens is 326 g/mol. The van der Waals surface area contributed by atoms with Gasteiger partial charge in [-0.25, -0.2) is 4.68 Å². The highest BCUT2D eigenvalue weighted by atomic mass is 16.2. The number of anilines is 1. The molecule has 134 valence electrons. The van der Waals surface area contributed by atoms with Crippen molar-refractivity contribution in [1.82, 2.24) is 9.36 Å². The number of para-hydroxylation sites is 1. The number of carbonyl (C=O) groups is 1. The molecule has 1 amide bonds. The Morgan fingerprint density at radius 1 is 1.04 bits per heavy atom. The second kappa shape index (κ2) is 7.44. The lowest BCUT2D eigenvalue weighted by Crippen LogP contribution is -2.23. The lowest BCUT2D eigenvalue weighted by molar-refractivity contribution is -0.116. The highest BCUT2D eigenvalue weighted by molar-refractivity contribution is 5.91. The van der Waals surface area contributed by atoms with E-state index in [1.54, 1.807) is 9.36 Å². The van der Waals surface area contributed by atoms with Gasteiger partial charge in [0.1, 0.15) is 5.69 Å². The average molecular weight is 349 g/mol. The molecule has 0 saturated heterocycles. The molecule has 0 radical (unpaired) electrons. The van der Waals surface area contributed by atoms with Crippen molar-refractivity contribution < 1.29 is 4.79 Å². The van der Waals surface area contributed by atoms with Gasteiger partial charge in [0.25, 0.3) is 5.56 Å². The average Bonchev–Trinajstić information content (AvgIpc) is 2.86. The molecule has 1 heterocycles. The van der Waals surface area contributed by atoms with Crippen molar-refractivity contribution in [1.29, 1.82) is 0 Å². The van der Waals surface area contributed by atoms with E-state index in [0.717, 1.165) is 16.9 Å². The minimum atomic E-state index is -0.225. The lowest BCUT2D eigenvalue weighted by atomic mass is 9.97. The zero-order valence-corrected chi connectivity index (χ0v) is 15.3. The van der Waals surface area contributed by atoms with Crippen LogP contribution >= 0.6 is 0 Å². The van der Waals surface area contributed by atoms with Gasteiger partial charge in [0.05, 0.1) is 11.4 Å². The van der Waals surface area contributed by atoms with Crippen molar-refractivity contribution in [3.05, 3.63) is 82.3 Å². The fourth-order valence-corrected chi connectivity index (χ4v) is 3.08. The van der Waals surface area contributed by atoms with Crippen molar-refractivity contribution in [2.75, 3.05) is 5.32 Å². The van der Waals surface area contributed by atoms with E-state index in [0.29, 0.717) is 12.1 Å². The van der Waals surface area contributed by atoms with Crippen molar-refractivity contribution in [3.63, 3.8) is 0 Å². The molecule has 1 unspecified atom stereocenters. The molecule has 5 nitrogen and oxygen atoms in total. The predicted octanol–water partition coefficient (Wildman–Crippen LogP) is 3.62. The molecule has 0 aliphatic heterocycles. The summed E-state index contributed by atoms with van der Waals surface area (Å²) < 4.78 is 3.32. The first-order chi connectivity index (χ1) is 12.5. The maximum atomic E-state index is 12.8. The number of amides is 1. The number of rotatable bonds is 5. The first kappa shape index (κ1) is 17.7. The number of hydrogen-bond donors (Lipinski definition) is 1. The van der Waals surface area contributed by atoms with Gasteiger partial charge >= 0.3 is 0 Å². The Kier molecular flexibility index (Phi) is 5.07. The van der Waals surface area contributed by atoms with Crippen LogP contribution in [0.15, 0.2) is 65.5 Å². The van der Waals surface area contributed by atoms with Crippen molar-refractivity contribution in [3.8, 4) is 5.69 Å². The fourth-order valence-electron chi connectivity index (χ4n) is 3.08. The highest BCUT2D eigenvalue weighted by Gasteiger charge is 2.19. The van der Waals surface area contributed by atoms with E-state index < -0.39 is 0 Å². The summed E-state index contributed by atoms with van der Waals surface area (Å²) in [5.74, 6) is -0.0797. The zero-order chi connectivity index (χ0) is 18.7. The SMILES string of the molecule is Cc1c(NC(=O)CC(C)c2ccccc2)c(=O)n(-c2ccccc2)n1C. The topological polar surface area (TPSA) is 56.0 Å². The van der Waals surface area contributed by atoms with Gasteiger partial charge in [0, 0.05) is 13.5 Å². The number of nitrogens with one attached hydrogen (secondary N) is 1. The van der Waals surface area contributed by atoms with Crippen LogP contribution in [0.3, 0.4) is 0 Å². The summed E-state index contributed by atoms with van der Waals surface area (Å²) in [6.45, 7) is 3.84. The first-order valence-corrected chi connectivity index (χ1v) is 8.68. The molecule has 1 aromatic heterocycles. The molecule has 1 N–H and O–H groups in total. The summed E-state index contributed by atoms with van der Waals surface area (Å²) in [6, 6.07) is 19.3. The molecule has 0 aliphatic carbocycles. The van der Waals surface area contributed by atoms with E-state index in [2.05, 4.69) is 5.32 Å². The van der Waals surface area contributed by atoms with Crippen LogP contribution in [0.25, 0.3) is 5.69 Å². The van der Waals surface area contributed by atoms with Gasteiger partial charge < -0.3 is 5.32 Å². The summed E-state index contributed by atoms with van der Waals surface area (Å²) >= 11 is 0. The minimum Gasteiger partial charge on any atom is -0.320 e. The third-order valence-electron chi connectivity index (χ3n) is 4.68. The van der Waals surface area contributed by atoms with Crippen LogP contribution in [-0.4, -0.2) is 15.3 Å². The zero-order valence-electron chi connectivity index (χ0n) is 15.3. The molecule has 0 bridgehead atoms. The second-order valence-corrected chi connectivity index (χ2v) is 6.50. The Morgan fingerprint density at radius 2 is 1.62 bits per heavy atom. The van der Waals surface area contributed by atoms with Gasteiger partial charge in [0.15, 0.2) is 0 Å². The van der Waals surface area contributed by atoms with Crippen LogP contribution in [-0.2, 0) is 11.8 Å².